The molecule has 0 spiro atoms. The quantitative estimate of drug-likeness (QED) is 0.757. The third kappa shape index (κ3) is 1.67. The van der Waals surface area contributed by atoms with E-state index >= 15 is 0 Å². The zero-order chi connectivity index (χ0) is 12.7. The molecule has 1 aliphatic rings. The lowest BCUT2D eigenvalue weighted by molar-refractivity contribution is 0.122. The molecule has 0 unspecified atom stereocenters. The van der Waals surface area contributed by atoms with Crippen LogP contribution in [-0.4, -0.2) is 46.1 Å². The molecule has 96 valence electrons. The van der Waals surface area contributed by atoms with Crippen molar-refractivity contribution in [1.29, 1.82) is 0 Å². The Hall–Kier alpha value is -1.89. The molecule has 7 heteroatoms. The Morgan fingerprint density at radius 2 is 2.06 bits per heavy atom. The Labute approximate surface area is 103 Å². The van der Waals surface area contributed by atoms with Gasteiger partial charge in [-0.25, -0.2) is 4.98 Å². The van der Waals surface area contributed by atoms with Crippen LogP contribution in [-0.2, 0) is 11.8 Å². The molecule has 2 aromatic heterocycles. The van der Waals surface area contributed by atoms with Crippen molar-refractivity contribution in [3.63, 3.8) is 0 Å². The van der Waals surface area contributed by atoms with Crippen LogP contribution in [0.15, 0.2) is 4.79 Å². The van der Waals surface area contributed by atoms with Crippen molar-refractivity contribution >= 4 is 16.9 Å². The van der Waals surface area contributed by atoms with E-state index in [1.807, 2.05) is 0 Å². The van der Waals surface area contributed by atoms with Crippen molar-refractivity contribution in [2.45, 2.75) is 6.92 Å². The summed E-state index contributed by atoms with van der Waals surface area (Å²) >= 11 is 0. The molecule has 1 saturated heterocycles. The lowest BCUT2D eigenvalue weighted by Gasteiger charge is -2.26. The number of anilines is 1. The highest BCUT2D eigenvalue weighted by molar-refractivity contribution is 5.86. The number of nitrogens with zero attached hydrogens (tertiary/aromatic N) is 4. The zero-order valence-electron chi connectivity index (χ0n) is 10.4. The van der Waals surface area contributed by atoms with Gasteiger partial charge in [-0.2, -0.15) is 5.10 Å². The maximum absolute atomic E-state index is 11.9. The van der Waals surface area contributed by atoms with Crippen molar-refractivity contribution in [3.8, 4) is 0 Å². The lowest BCUT2D eigenvalue weighted by atomic mass is 10.3. The first-order valence-corrected chi connectivity index (χ1v) is 5.93. The summed E-state index contributed by atoms with van der Waals surface area (Å²) in [5, 5.41) is 4.42. The van der Waals surface area contributed by atoms with Gasteiger partial charge in [0.05, 0.1) is 13.2 Å². The highest BCUT2D eigenvalue weighted by atomic mass is 16.5. The first kappa shape index (κ1) is 11.2. The molecule has 1 aliphatic heterocycles. The van der Waals surface area contributed by atoms with Crippen LogP contribution in [0.5, 0.6) is 0 Å². The first-order chi connectivity index (χ1) is 8.66. The number of aromatic amines is 1. The topological polar surface area (TPSA) is 76.0 Å². The van der Waals surface area contributed by atoms with Crippen molar-refractivity contribution in [3.05, 3.63) is 16.2 Å². The summed E-state index contributed by atoms with van der Waals surface area (Å²) in [7, 11) is 1.76. The summed E-state index contributed by atoms with van der Waals surface area (Å²) in [5.74, 6) is 1.38. The molecule has 3 rings (SSSR count). The fourth-order valence-electron chi connectivity index (χ4n) is 2.26. The number of aromatic nitrogens is 4. The largest absolute Gasteiger partial charge is 0.378 e. The van der Waals surface area contributed by atoms with Crippen LogP contribution in [0, 0.1) is 6.92 Å². The smallest absolute Gasteiger partial charge is 0.277 e. The Morgan fingerprint density at radius 3 is 2.78 bits per heavy atom. The average Bonchev–Trinajstić information content (AvgIpc) is 2.67. The summed E-state index contributed by atoms with van der Waals surface area (Å²) in [6.45, 7) is 4.69. The van der Waals surface area contributed by atoms with Crippen molar-refractivity contribution in [1.82, 2.24) is 19.7 Å². The van der Waals surface area contributed by atoms with Crippen LogP contribution in [0.4, 0.5) is 5.82 Å². The highest BCUT2D eigenvalue weighted by Crippen LogP contribution is 2.22. The van der Waals surface area contributed by atoms with Crippen LogP contribution >= 0.6 is 0 Å². The van der Waals surface area contributed by atoms with Crippen LogP contribution in [0.1, 0.15) is 5.82 Å². The zero-order valence-corrected chi connectivity index (χ0v) is 10.4. The molecule has 0 radical (unpaired) electrons. The van der Waals surface area contributed by atoms with Gasteiger partial charge in [0.15, 0.2) is 11.3 Å². The molecule has 0 amide bonds. The predicted molar refractivity (Wildman–Crippen MR) is 66.9 cm³/mol. The molecule has 1 N–H and O–H groups in total. The SMILES string of the molecule is Cc1nc2c(N3CCOCC3)nn(C)c2c(=O)[nH]1. The molecule has 0 bridgehead atoms. The van der Waals surface area contributed by atoms with E-state index in [-0.39, 0.29) is 5.56 Å². The van der Waals surface area contributed by atoms with Crippen LogP contribution in [0.25, 0.3) is 11.0 Å². The average molecular weight is 249 g/mol. The van der Waals surface area contributed by atoms with Gasteiger partial charge in [0.25, 0.3) is 5.56 Å². The summed E-state index contributed by atoms with van der Waals surface area (Å²) in [6, 6.07) is 0. The Bertz CT molecular complexity index is 639. The number of nitrogens with one attached hydrogen (secondary N) is 1. The van der Waals surface area contributed by atoms with E-state index in [0.717, 1.165) is 18.9 Å². The second-order valence-electron chi connectivity index (χ2n) is 4.40. The number of ether oxygens (including phenoxy) is 1. The monoisotopic (exact) mass is 249 g/mol. The molecule has 0 aromatic carbocycles. The fourth-order valence-corrected chi connectivity index (χ4v) is 2.26. The third-order valence-corrected chi connectivity index (χ3v) is 3.10. The van der Waals surface area contributed by atoms with E-state index in [0.29, 0.717) is 30.1 Å². The number of hydrogen-bond acceptors (Lipinski definition) is 5. The molecule has 7 nitrogen and oxygen atoms in total. The second kappa shape index (κ2) is 4.09. The van der Waals surface area contributed by atoms with Gasteiger partial charge in [-0.05, 0) is 6.92 Å². The fraction of sp³-hybridized carbons (Fsp3) is 0.545. The maximum atomic E-state index is 11.9. The van der Waals surface area contributed by atoms with Gasteiger partial charge in [0.2, 0.25) is 0 Å². The Kier molecular flexibility index (Phi) is 2.55. The van der Waals surface area contributed by atoms with Gasteiger partial charge in [0.1, 0.15) is 11.3 Å². The van der Waals surface area contributed by atoms with Crippen molar-refractivity contribution < 1.29 is 4.74 Å². The van der Waals surface area contributed by atoms with E-state index in [1.165, 1.54) is 0 Å². The molecule has 18 heavy (non-hydrogen) atoms. The molecule has 0 saturated carbocycles. The Morgan fingerprint density at radius 1 is 1.33 bits per heavy atom. The minimum Gasteiger partial charge on any atom is -0.378 e. The number of morpholine rings is 1. The second-order valence-corrected chi connectivity index (χ2v) is 4.40. The molecule has 0 atom stereocenters. The predicted octanol–water partition coefficient (Wildman–Crippen LogP) is -0.198. The number of hydrogen-bond donors (Lipinski definition) is 1. The Balaban J connectivity index is 2.20. The van der Waals surface area contributed by atoms with Crippen LogP contribution in [0.3, 0.4) is 0 Å². The van der Waals surface area contributed by atoms with E-state index < -0.39 is 0 Å². The lowest BCUT2D eigenvalue weighted by Crippen LogP contribution is -2.36. The van der Waals surface area contributed by atoms with Gasteiger partial charge in [-0.3, -0.25) is 9.48 Å². The minimum absolute atomic E-state index is 0.146. The molecule has 3 heterocycles. The number of H-pyrrole nitrogens is 1. The number of rotatable bonds is 1. The summed E-state index contributed by atoms with van der Waals surface area (Å²) in [4.78, 5) is 21.1. The minimum atomic E-state index is -0.146. The van der Waals surface area contributed by atoms with Crippen molar-refractivity contribution in [2.75, 3.05) is 31.2 Å². The third-order valence-electron chi connectivity index (χ3n) is 3.10. The summed E-state index contributed by atoms with van der Waals surface area (Å²) < 4.78 is 6.91. The van der Waals surface area contributed by atoms with Gasteiger partial charge in [-0.1, -0.05) is 0 Å². The maximum Gasteiger partial charge on any atom is 0.277 e. The summed E-state index contributed by atoms with van der Waals surface area (Å²) in [5.41, 5.74) is 1.04. The van der Waals surface area contributed by atoms with Gasteiger partial charge in [-0.15, -0.1) is 0 Å². The van der Waals surface area contributed by atoms with Crippen molar-refractivity contribution in [2.24, 2.45) is 7.05 Å². The van der Waals surface area contributed by atoms with E-state index in [4.69, 9.17) is 4.74 Å². The molecular formula is C11H15N5O2. The highest BCUT2D eigenvalue weighted by Gasteiger charge is 2.20. The van der Waals surface area contributed by atoms with Crippen LogP contribution < -0.4 is 10.5 Å². The van der Waals surface area contributed by atoms with E-state index in [2.05, 4.69) is 20.0 Å². The molecule has 1 fully saturated rings. The van der Waals surface area contributed by atoms with Gasteiger partial charge < -0.3 is 14.6 Å². The van der Waals surface area contributed by atoms with Crippen LogP contribution in [0.2, 0.25) is 0 Å². The molecule has 2 aromatic rings. The number of fused-ring (bicyclic) bond motifs is 1. The molecule has 0 aliphatic carbocycles. The first-order valence-electron chi connectivity index (χ1n) is 5.93. The standard InChI is InChI=1S/C11H15N5O2/c1-7-12-8-9(11(17)13-7)15(2)14-10(8)16-3-5-18-6-4-16/h3-6H2,1-2H3,(H,12,13,17). The number of aryl methyl sites for hydroxylation is 2. The van der Waals surface area contributed by atoms with Gasteiger partial charge >= 0.3 is 0 Å². The van der Waals surface area contributed by atoms with E-state index in [1.54, 1.807) is 18.7 Å². The van der Waals surface area contributed by atoms with Gasteiger partial charge in [0, 0.05) is 20.1 Å². The normalized spacial score (nSPS) is 16.4. The van der Waals surface area contributed by atoms with E-state index in [9.17, 15) is 4.79 Å². The summed E-state index contributed by atoms with van der Waals surface area (Å²) in [6.07, 6.45) is 0. The molecular weight excluding hydrogens is 234 g/mol.